The van der Waals surface area contributed by atoms with Gasteiger partial charge in [-0.25, -0.2) is 4.68 Å². The number of amides is 2. The van der Waals surface area contributed by atoms with Gasteiger partial charge in [-0.3, -0.25) is 9.59 Å². The van der Waals surface area contributed by atoms with Crippen LogP contribution in [0.3, 0.4) is 0 Å². The maximum absolute atomic E-state index is 13.3. The molecule has 3 heterocycles. The molecule has 3 aromatic rings. The Balaban J connectivity index is 1.63. The van der Waals surface area contributed by atoms with Gasteiger partial charge in [-0.05, 0) is 17.7 Å². The van der Waals surface area contributed by atoms with E-state index in [1.807, 2.05) is 53.6 Å². The Hall–Kier alpha value is -3.42. The summed E-state index contributed by atoms with van der Waals surface area (Å²) in [6, 6.07) is 13.8. The lowest BCUT2D eigenvalue weighted by molar-refractivity contribution is -0.129. The summed E-state index contributed by atoms with van der Waals surface area (Å²) < 4.78 is 3.58. The molecule has 0 aliphatic carbocycles. The molecule has 8 nitrogen and oxygen atoms in total. The fourth-order valence-corrected chi connectivity index (χ4v) is 3.49. The number of carbonyl (C=O) groups is 2. The highest BCUT2D eigenvalue weighted by molar-refractivity contribution is 5.92. The molecule has 0 bridgehead atoms. The molecule has 1 aliphatic heterocycles. The maximum atomic E-state index is 13.3. The van der Waals surface area contributed by atoms with Crippen molar-refractivity contribution in [2.24, 2.45) is 0 Å². The second-order valence-electron chi connectivity index (χ2n) is 7.03. The predicted molar refractivity (Wildman–Crippen MR) is 102 cm³/mol. The summed E-state index contributed by atoms with van der Waals surface area (Å²) in [6.07, 6.45) is 3.58. The van der Waals surface area contributed by atoms with Crippen LogP contribution in [0.15, 0.2) is 54.9 Å². The third kappa shape index (κ3) is 3.28. The minimum Gasteiger partial charge on any atom is -0.348 e. The summed E-state index contributed by atoms with van der Waals surface area (Å²) in [4.78, 5) is 28.4. The fraction of sp³-hybridized carbons (Fsp3) is 0.300. The smallest absolute Gasteiger partial charge is 0.276 e. The second kappa shape index (κ2) is 7.30. The van der Waals surface area contributed by atoms with Crippen LogP contribution in [0.4, 0.5) is 0 Å². The first-order chi connectivity index (χ1) is 13.5. The number of nitrogens with zero attached hydrogens (tertiary/aromatic N) is 6. The molecule has 0 N–H and O–H groups in total. The fourth-order valence-electron chi connectivity index (χ4n) is 3.49. The van der Waals surface area contributed by atoms with Crippen molar-refractivity contribution >= 4 is 11.8 Å². The lowest BCUT2D eigenvalue weighted by Crippen LogP contribution is -2.42. The predicted octanol–water partition coefficient (Wildman–Crippen LogP) is 1.41. The molecule has 144 valence electrons. The van der Waals surface area contributed by atoms with Crippen molar-refractivity contribution in [3.05, 3.63) is 71.8 Å². The first kappa shape index (κ1) is 18.0. The maximum Gasteiger partial charge on any atom is 0.276 e. The van der Waals surface area contributed by atoms with Gasteiger partial charge in [0.2, 0.25) is 5.91 Å². The molecule has 4 rings (SSSR count). The quantitative estimate of drug-likeness (QED) is 0.688. The summed E-state index contributed by atoms with van der Waals surface area (Å²) in [5.74, 6) is -0.299. The van der Waals surface area contributed by atoms with Crippen molar-refractivity contribution in [1.82, 2.24) is 29.4 Å². The molecule has 0 spiro atoms. The first-order valence-corrected chi connectivity index (χ1v) is 9.16. The van der Waals surface area contributed by atoms with Crippen molar-refractivity contribution in [1.29, 1.82) is 0 Å². The van der Waals surface area contributed by atoms with Gasteiger partial charge in [0.25, 0.3) is 5.91 Å². The molecule has 2 aromatic heterocycles. The van der Waals surface area contributed by atoms with E-state index in [1.165, 1.54) is 9.58 Å². The van der Waals surface area contributed by atoms with E-state index in [4.69, 9.17) is 0 Å². The van der Waals surface area contributed by atoms with E-state index in [1.54, 1.807) is 20.3 Å². The molecular weight excluding hydrogens is 356 g/mol. The Labute approximate surface area is 163 Å². The summed E-state index contributed by atoms with van der Waals surface area (Å²) in [7, 11) is 3.36. The summed E-state index contributed by atoms with van der Waals surface area (Å²) in [5.41, 5.74) is 2.36. The van der Waals surface area contributed by atoms with Crippen molar-refractivity contribution in [2.45, 2.75) is 19.1 Å². The van der Waals surface area contributed by atoms with E-state index in [-0.39, 0.29) is 30.1 Å². The van der Waals surface area contributed by atoms with Crippen molar-refractivity contribution in [3.63, 3.8) is 0 Å². The van der Waals surface area contributed by atoms with E-state index >= 15 is 0 Å². The molecule has 0 saturated carbocycles. The zero-order chi connectivity index (χ0) is 19.7. The van der Waals surface area contributed by atoms with Crippen LogP contribution in [-0.2, 0) is 17.9 Å². The van der Waals surface area contributed by atoms with Gasteiger partial charge < -0.3 is 14.4 Å². The number of hydrogen-bond acceptors (Lipinski definition) is 4. The lowest BCUT2D eigenvalue weighted by atomic mass is 9.99. The van der Waals surface area contributed by atoms with Gasteiger partial charge in [-0.2, -0.15) is 0 Å². The molecule has 8 heteroatoms. The third-order valence-electron chi connectivity index (χ3n) is 4.97. The normalized spacial score (nSPS) is 15.9. The minimum atomic E-state index is -0.190. The average Bonchev–Trinajstić information content (AvgIpc) is 3.36. The highest BCUT2D eigenvalue weighted by atomic mass is 16.2. The van der Waals surface area contributed by atoms with E-state index in [0.29, 0.717) is 6.54 Å². The second-order valence-corrected chi connectivity index (χ2v) is 7.03. The van der Waals surface area contributed by atoms with Gasteiger partial charge >= 0.3 is 0 Å². The molecule has 0 radical (unpaired) electrons. The summed E-state index contributed by atoms with van der Waals surface area (Å²) in [6.45, 7) is 1.35. The standard InChI is InChI=1S/C20H22N6O2/c1-23(2)18(27)14-25-13-16(21-22-25)20(28)26-12-11-24-10-6-9-17(24)19(26)15-7-4-3-5-8-15/h3-10,13,19H,11-12,14H2,1-2H3. The SMILES string of the molecule is CN(C)C(=O)Cn1cc(C(=O)N2CCn3cccc3C2c2ccccc2)nn1. The summed E-state index contributed by atoms with van der Waals surface area (Å²) in [5, 5.41) is 7.97. The minimum absolute atomic E-state index is 0.0538. The van der Waals surface area contributed by atoms with Crippen LogP contribution in [0.25, 0.3) is 0 Å². The Morgan fingerprint density at radius 2 is 1.89 bits per heavy atom. The van der Waals surface area contributed by atoms with Crippen LogP contribution in [0, 0.1) is 0 Å². The number of aromatic nitrogens is 4. The number of fused-ring (bicyclic) bond motifs is 1. The number of rotatable bonds is 4. The Bertz CT molecular complexity index is 991. The highest BCUT2D eigenvalue weighted by Crippen LogP contribution is 2.33. The Morgan fingerprint density at radius 3 is 2.64 bits per heavy atom. The number of carbonyl (C=O) groups excluding carboxylic acids is 2. The zero-order valence-corrected chi connectivity index (χ0v) is 15.9. The van der Waals surface area contributed by atoms with Crippen LogP contribution in [0.2, 0.25) is 0 Å². The molecule has 1 aromatic carbocycles. The van der Waals surface area contributed by atoms with Crippen LogP contribution in [0.5, 0.6) is 0 Å². The molecule has 0 saturated heterocycles. The first-order valence-electron chi connectivity index (χ1n) is 9.16. The van der Waals surface area contributed by atoms with Gasteiger partial charge in [0.05, 0.1) is 12.2 Å². The van der Waals surface area contributed by atoms with Gasteiger partial charge in [0.1, 0.15) is 6.54 Å². The van der Waals surface area contributed by atoms with Crippen molar-refractivity contribution in [3.8, 4) is 0 Å². The monoisotopic (exact) mass is 378 g/mol. The molecule has 0 fully saturated rings. The topological polar surface area (TPSA) is 76.3 Å². The molecule has 2 amide bonds. The Morgan fingerprint density at radius 1 is 1.11 bits per heavy atom. The van der Waals surface area contributed by atoms with Gasteiger partial charge in [0, 0.05) is 39.1 Å². The Kier molecular flexibility index (Phi) is 4.68. The number of likely N-dealkylation sites (N-methyl/N-ethyl adjacent to an activating group) is 1. The van der Waals surface area contributed by atoms with E-state index in [2.05, 4.69) is 14.9 Å². The van der Waals surface area contributed by atoms with Crippen LogP contribution in [0.1, 0.15) is 27.8 Å². The highest BCUT2D eigenvalue weighted by Gasteiger charge is 2.33. The van der Waals surface area contributed by atoms with E-state index < -0.39 is 0 Å². The molecule has 1 unspecified atom stereocenters. The van der Waals surface area contributed by atoms with Gasteiger partial charge in [0.15, 0.2) is 5.69 Å². The third-order valence-corrected chi connectivity index (χ3v) is 4.97. The van der Waals surface area contributed by atoms with Crippen LogP contribution < -0.4 is 0 Å². The number of hydrogen-bond donors (Lipinski definition) is 0. The van der Waals surface area contributed by atoms with Crippen LogP contribution in [-0.4, -0.2) is 61.8 Å². The molecule has 1 atom stereocenters. The lowest BCUT2D eigenvalue weighted by Gasteiger charge is -2.37. The van der Waals surface area contributed by atoms with Crippen LogP contribution >= 0.6 is 0 Å². The average molecular weight is 378 g/mol. The zero-order valence-electron chi connectivity index (χ0n) is 15.9. The van der Waals surface area contributed by atoms with Gasteiger partial charge in [-0.15, -0.1) is 5.10 Å². The van der Waals surface area contributed by atoms with Crippen molar-refractivity contribution in [2.75, 3.05) is 20.6 Å². The molecule has 28 heavy (non-hydrogen) atoms. The van der Waals surface area contributed by atoms with Crippen molar-refractivity contribution < 1.29 is 9.59 Å². The van der Waals surface area contributed by atoms with Gasteiger partial charge in [-0.1, -0.05) is 35.5 Å². The summed E-state index contributed by atoms with van der Waals surface area (Å²) >= 11 is 0. The largest absolute Gasteiger partial charge is 0.348 e. The van der Waals surface area contributed by atoms with E-state index in [9.17, 15) is 9.59 Å². The molecule has 1 aliphatic rings. The molecular formula is C20H22N6O2. The van der Waals surface area contributed by atoms with E-state index in [0.717, 1.165) is 17.8 Å². The number of benzene rings is 1.